The largest absolute Gasteiger partial charge is 0.458 e. The van der Waals surface area contributed by atoms with Gasteiger partial charge in [0.15, 0.2) is 18.0 Å². The third-order valence-electron chi connectivity index (χ3n) is 4.53. The summed E-state index contributed by atoms with van der Waals surface area (Å²) in [6.45, 7) is 1.22. The predicted octanol–water partition coefficient (Wildman–Crippen LogP) is -0.0712. The molecule has 2 N–H and O–H groups in total. The molecule has 1 fully saturated rings. The molecule has 3 heterocycles. The quantitative estimate of drug-likeness (QED) is 0.501. The number of carbonyl (C=O) groups is 2. The summed E-state index contributed by atoms with van der Waals surface area (Å²) < 4.78 is 31.9. The van der Waals surface area contributed by atoms with Gasteiger partial charge >= 0.3 is 17.6 Å². The highest BCUT2D eigenvalue weighted by atomic mass is 19.1. The highest BCUT2D eigenvalue weighted by Gasteiger charge is 2.45. The average Bonchev–Trinajstić information content (AvgIpc) is 3.18. The molecule has 2 aromatic rings. The molecule has 0 aromatic carbocycles. The van der Waals surface area contributed by atoms with Gasteiger partial charge in [-0.1, -0.05) is 5.92 Å². The Labute approximate surface area is 169 Å². The molecule has 30 heavy (non-hydrogen) atoms. The van der Waals surface area contributed by atoms with Crippen LogP contribution in [0, 0.1) is 12.3 Å². The second-order valence-electron chi connectivity index (χ2n) is 6.63. The highest BCUT2D eigenvalue weighted by molar-refractivity contribution is 5.72. The molecule has 0 aliphatic carbocycles. The second-order valence-corrected chi connectivity index (χ2v) is 6.63. The molecule has 11 nitrogen and oxygen atoms in total. The minimum atomic E-state index is -1.24. The van der Waals surface area contributed by atoms with Crippen LogP contribution in [0.15, 0.2) is 11.0 Å². The molecular formula is C18H20FN5O6. The topological polar surface area (TPSA) is 141 Å². The van der Waals surface area contributed by atoms with E-state index in [1.54, 1.807) is 0 Å². The van der Waals surface area contributed by atoms with Gasteiger partial charge in [-0.25, -0.2) is 18.7 Å². The number of anilines is 1. The maximum atomic E-state index is 13.5. The summed E-state index contributed by atoms with van der Waals surface area (Å²) in [6.07, 6.45) is 2.33. The molecule has 1 aliphatic heterocycles. The minimum absolute atomic E-state index is 0.0130. The molecule has 0 saturated carbocycles. The summed E-state index contributed by atoms with van der Waals surface area (Å²) in [6, 6.07) is 0. The lowest BCUT2D eigenvalue weighted by molar-refractivity contribution is -0.159. The number of ether oxygens (including phenoxy) is 3. The number of rotatable bonds is 6. The predicted molar refractivity (Wildman–Crippen MR) is 101 cm³/mol. The number of carbonyl (C=O) groups excluding carboxylic acids is 2. The van der Waals surface area contributed by atoms with Gasteiger partial charge in [-0.15, -0.1) is 6.42 Å². The van der Waals surface area contributed by atoms with Gasteiger partial charge in [0, 0.05) is 20.3 Å². The molecular weight excluding hydrogens is 401 g/mol. The summed E-state index contributed by atoms with van der Waals surface area (Å²) in [5, 5.41) is 0. The fourth-order valence-electron chi connectivity index (χ4n) is 3.42. The first-order valence-electron chi connectivity index (χ1n) is 8.99. The van der Waals surface area contributed by atoms with Crippen molar-refractivity contribution in [1.29, 1.82) is 0 Å². The number of halogens is 1. The zero-order valence-electron chi connectivity index (χ0n) is 16.3. The van der Waals surface area contributed by atoms with Gasteiger partial charge in [0.2, 0.25) is 5.95 Å². The van der Waals surface area contributed by atoms with Crippen LogP contribution in [0.2, 0.25) is 0 Å². The lowest BCUT2D eigenvalue weighted by Crippen LogP contribution is -2.34. The van der Waals surface area contributed by atoms with Crippen LogP contribution in [0.3, 0.4) is 0 Å². The Morgan fingerprint density at radius 1 is 1.47 bits per heavy atom. The second kappa shape index (κ2) is 8.50. The van der Waals surface area contributed by atoms with Crippen LogP contribution >= 0.6 is 0 Å². The van der Waals surface area contributed by atoms with E-state index in [1.165, 1.54) is 17.7 Å². The van der Waals surface area contributed by atoms with Crippen molar-refractivity contribution < 1.29 is 28.2 Å². The van der Waals surface area contributed by atoms with Gasteiger partial charge in [0.25, 0.3) is 0 Å². The van der Waals surface area contributed by atoms with Crippen molar-refractivity contribution in [2.45, 2.75) is 51.4 Å². The van der Waals surface area contributed by atoms with E-state index in [0.29, 0.717) is 5.52 Å². The Morgan fingerprint density at radius 3 is 2.80 bits per heavy atom. The standard InChI is InChI=1S/C18H20FN5O6/c1-4-5-23-11-8-21-17(20)22-15(11)24(18(23)27)16-13(28-9(2)25)6-12(30-16)14(7-19)29-10(3)26/h1,8,12-14,16H,5-7H2,2-3H3,(H2,20,21,22)/t12-,13+,14?,16+/m0/s1. The van der Waals surface area contributed by atoms with Crippen LogP contribution in [-0.2, 0) is 30.3 Å². The van der Waals surface area contributed by atoms with Crippen molar-refractivity contribution in [2.24, 2.45) is 0 Å². The Balaban J connectivity index is 2.10. The number of aromatic nitrogens is 4. The molecule has 0 spiro atoms. The van der Waals surface area contributed by atoms with Crippen LogP contribution < -0.4 is 11.4 Å². The van der Waals surface area contributed by atoms with Crippen LogP contribution in [0.5, 0.6) is 0 Å². The SMILES string of the molecule is C#CCn1c(=O)n([C@@H]2O[C@H](C(CF)OC(C)=O)C[C@H]2OC(C)=O)c2nc(N)ncc21. The van der Waals surface area contributed by atoms with Crippen molar-refractivity contribution in [3.63, 3.8) is 0 Å². The van der Waals surface area contributed by atoms with Crippen molar-refractivity contribution in [1.82, 2.24) is 19.1 Å². The Kier molecular flexibility index (Phi) is 6.02. The van der Waals surface area contributed by atoms with Gasteiger partial charge in [-0.05, 0) is 0 Å². The molecule has 160 valence electrons. The molecule has 0 radical (unpaired) electrons. The molecule has 1 saturated heterocycles. The average molecular weight is 421 g/mol. The van der Waals surface area contributed by atoms with Gasteiger partial charge in [-0.3, -0.25) is 14.2 Å². The molecule has 1 aliphatic rings. The van der Waals surface area contributed by atoms with E-state index < -0.39 is 48.8 Å². The van der Waals surface area contributed by atoms with Crippen LogP contribution in [0.1, 0.15) is 26.5 Å². The molecule has 2 aromatic heterocycles. The number of hydrogen-bond donors (Lipinski definition) is 1. The zero-order valence-corrected chi connectivity index (χ0v) is 16.3. The monoisotopic (exact) mass is 421 g/mol. The van der Waals surface area contributed by atoms with Gasteiger partial charge < -0.3 is 19.9 Å². The maximum absolute atomic E-state index is 13.5. The smallest absolute Gasteiger partial charge is 0.333 e. The summed E-state index contributed by atoms with van der Waals surface area (Å²) in [5.74, 6) is 0.935. The number of nitrogens with two attached hydrogens (primary N) is 1. The third-order valence-corrected chi connectivity index (χ3v) is 4.53. The van der Waals surface area contributed by atoms with Gasteiger partial charge in [0.1, 0.15) is 24.4 Å². The minimum Gasteiger partial charge on any atom is -0.458 e. The number of terminal acetylenes is 1. The number of hydrogen-bond acceptors (Lipinski definition) is 9. The van der Waals surface area contributed by atoms with E-state index in [4.69, 9.17) is 26.4 Å². The molecule has 3 rings (SSSR count). The first-order chi connectivity index (χ1) is 14.3. The number of fused-ring (bicyclic) bond motifs is 1. The lowest BCUT2D eigenvalue weighted by Gasteiger charge is -2.21. The van der Waals surface area contributed by atoms with Crippen LogP contribution in [0.4, 0.5) is 10.3 Å². The zero-order chi connectivity index (χ0) is 22.0. The van der Waals surface area contributed by atoms with E-state index >= 15 is 0 Å². The Hall–Kier alpha value is -3.46. The lowest BCUT2D eigenvalue weighted by atomic mass is 10.1. The molecule has 0 bridgehead atoms. The van der Waals surface area contributed by atoms with Crippen LogP contribution in [-0.4, -0.2) is 56.0 Å². The molecule has 1 unspecified atom stereocenters. The number of imidazole rings is 1. The fourth-order valence-corrected chi connectivity index (χ4v) is 3.42. The summed E-state index contributed by atoms with van der Waals surface area (Å²) in [4.78, 5) is 43.9. The van der Waals surface area contributed by atoms with Crippen molar-refractivity contribution in [2.75, 3.05) is 12.4 Å². The van der Waals surface area contributed by atoms with Gasteiger partial charge in [-0.2, -0.15) is 4.98 Å². The normalized spacial score (nSPS) is 21.9. The fraction of sp³-hybridized carbons (Fsp3) is 0.500. The van der Waals surface area contributed by atoms with Gasteiger partial charge in [0.05, 0.1) is 12.7 Å². The van der Waals surface area contributed by atoms with E-state index in [0.717, 1.165) is 11.5 Å². The van der Waals surface area contributed by atoms with Crippen LogP contribution in [0.25, 0.3) is 11.2 Å². The highest BCUT2D eigenvalue weighted by Crippen LogP contribution is 2.35. The number of nitrogen functional groups attached to an aromatic ring is 1. The summed E-state index contributed by atoms with van der Waals surface area (Å²) in [5.41, 5.74) is 5.47. The number of nitrogens with zero attached hydrogens (tertiary/aromatic N) is 4. The number of alkyl halides is 1. The number of esters is 2. The van der Waals surface area contributed by atoms with Crippen molar-refractivity contribution in [3.05, 3.63) is 16.7 Å². The van der Waals surface area contributed by atoms with Crippen molar-refractivity contribution in [3.8, 4) is 12.3 Å². The Bertz CT molecular complexity index is 1070. The molecule has 4 atom stereocenters. The van der Waals surface area contributed by atoms with E-state index in [-0.39, 0.29) is 24.6 Å². The first-order valence-corrected chi connectivity index (χ1v) is 8.99. The third kappa shape index (κ3) is 3.97. The maximum Gasteiger partial charge on any atom is 0.333 e. The van der Waals surface area contributed by atoms with E-state index in [9.17, 15) is 18.8 Å². The van der Waals surface area contributed by atoms with E-state index in [2.05, 4.69) is 15.9 Å². The van der Waals surface area contributed by atoms with E-state index in [1.807, 2.05) is 0 Å². The molecule has 0 amide bonds. The summed E-state index contributed by atoms with van der Waals surface area (Å²) >= 11 is 0. The van der Waals surface area contributed by atoms with Crippen molar-refractivity contribution >= 4 is 29.1 Å². The molecule has 12 heteroatoms. The summed E-state index contributed by atoms with van der Waals surface area (Å²) in [7, 11) is 0. The Morgan fingerprint density at radius 2 is 2.20 bits per heavy atom. The first kappa shape index (κ1) is 21.3.